The maximum atomic E-state index is 12.5. The first-order chi connectivity index (χ1) is 11.3. The van der Waals surface area contributed by atoms with Crippen molar-refractivity contribution in [3.05, 3.63) is 59.7 Å². The lowest BCUT2D eigenvalue weighted by Gasteiger charge is -2.11. The topological polar surface area (TPSA) is 41.1 Å². The van der Waals surface area contributed by atoms with Crippen molar-refractivity contribution >= 4 is 17.3 Å². The van der Waals surface area contributed by atoms with Gasteiger partial charge in [-0.05, 0) is 54.4 Å². The molecule has 0 heterocycles. The smallest absolute Gasteiger partial charge is 0.385 e. The van der Waals surface area contributed by atoms with E-state index in [1.54, 1.807) is 12.1 Å². The van der Waals surface area contributed by atoms with Gasteiger partial charge < -0.3 is 10.6 Å². The van der Waals surface area contributed by atoms with Crippen LogP contribution in [0.5, 0.6) is 0 Å². The quantitative estimate of drug-likeness (QED) is 0.804. The van der Waals surface area contributed by atoms with Crippen molar-refractivity contribution in [2.75, 3.05) is 17.2 Å². The molecule has 0 atom stereocenters. The van der Waals surface area contributed by atoms with Gasteiger partial charge in [-0.15, -0.1) is 0 Å². The highest BCUT2D eigenvalue weighted by molar-refractivity contribution is 6.04. The largest absolute Gasteiger partial charge is 0.416 e. The second-order valence-corrected chi connectivity index (χ2v) is 5.88. The fraction of sp³-hybridized carbons (Fsp3) is 0.278. The summed E-state index contributed by atoms with van der Waals surface area (Å²) in [6, 6.07) is 11.3. The van der Waals surface area contributed by atoms with Crippen molar-refractivity contribution in [2.24, 2.45) is 5.92 Å². The molecule has 3 nitrogen and oxygen atoms in total. The summed E-state index contributed by atoms with van der Waals surface area (Å²) < 4.78 is 37.5. The summed E-state index contributed by atoms with van der Waals surface area (Å²) >= 11 is 0. The van der Waals surface area contributed by atoms with Crippen LogP contribution in [0, 0.1) is 5.92 Å². The summed E-state index contributed by atoms with van der Waals surface area (Å²) in [6.45, 7) is 5.05. The van der Waals surface area contributed by atoms with Crippen molar-refractivity contribution in [1.29, 1.82) is 0 Å². The van der Waals surface area contributed by atoms with E-state index in [2.05, 4.69) is 24.5 Å². The van der Waals surface area contributed by atoms with E-state index in [0.29, 0.717) is 11.6 Å². The van der Waals surface area contributed by atoms with Gasteiger partial charge in [-0.2, -0.15) is 13.2 Å². The number of alkyl halides is 3. The molecule has 6 heteroatoms. The van der Waals surface area contributed by atoms with E-state index in [1.165, 1.54) is 0 Å². The van der Waals surface area contributed by atoms with Crippen LogP contribution < -0.4 is 10.6 Å². The highest BCUT2D eigenvalue weighted by Crippen LogP contribution is 2.29. The fourth-order valence-electron chi connectivity index (χ4n) is 2.01. The minimum atomic E-state index is -4.41. The van der Waals surface area contributed by atoms with Crippen LogP contribution in [0.4, 0.5) is 24.5 Å². The Hall–Kier alpha value is -2.50. The van der Waals surface area contributed by atoms with Gasteiger partial charge in [0, 0.05) is 23.5 Å². The SMILES string of the molecule is CC(C)CNc1ccc(NC(=O)c2ccc(C(F)(F)F)cc2)cc1. The van der Waals surface area contributed by atoms with Crippen LogP contribution in [0.15, 0.2) is 48.5 Å². The second-order valence-electron chi connectivity index (χ2n) is 5.88. The number of halogens is 3. The number of hydrogen-bond acceptors (Lipinski definition) is 2. The van der Waals surface area contributed by atoms with Crippen LogP contribution >= 0.6 is 0 Å². The summed E-state index contributed by atoms with van der Waals surface area (Å²) in [6.07, 6.45) is -4.41. The molecule has 0 aromatic heterocycles. The van der Waals surface area contributed by atoms with Crippen LogP contribution in [-0.2, 0) is 6.18 Å². The lowest BCUT2D eigenvalue weighted by atomic mass is 10.1. The third kappa shape index (κ3) is 5.01. The highest BCUT2D eigenvalue weighted by Gasteiger charge is 2.30. The van der Waals surface area contributed by atoms with E-state index in [4.69, 9.17) is 0 Å². The summed E-state index contributed by atoms with van der Waals surface area (Å²) in [4.78, 5) is 12.1. The third-order valence-electron chi connectivity index (χ3n) is 3.33. The van der Waals surface area contributed by atoms with Crippen LogP contribution in [0.25, 0.3) is 0 Å². The third-order valence-corrected chi connectivity index (χ3v) is 3.33. The first-order valence-electron chi connectivity index (χ1n) is 7.58. The number of nitrogens with one attached hydrogen (secondary N) is 2. The van der Waals surface area contributed by atoms with Gasteiger partial charge in [0.1, 0.15) is 0 Å². The molecule has 0 saturated heterocycles. The van der Waals surface area contributed by atoms with Crippen LogP contribution in [0.1, 0.15) is 29.8 Å². The maximum Gasteiger partial charge on any atom is 0.416 e. The first kappa shape index (κ1) is 17.8. The Morgan fingerprint density at radius 3 is 2.00 bits per heavy atom. The molecule has 2 N–H and O–H groups in total. The molecule has 2 aromatic carbocycles. The van der Waals surface area contributed by atoms with Gasteiger partial charge in [-0.1, -0.05) is 13.8 Å². The van der Waals surface area contributed by atoms with E-state index >= 15 is 0 Å². The Balaban J connectivity index is 1.99. The van der Waals surface area contributed by atoms with E-state index in [0.717, 1.165) is 36.5 Å². The second kappa shape index (κ2) is 7.38. The van der Waals surface area contributed by atoms with Gasteiger partial charge in [0.2, 0.25) is 0 Å². The number of anilines is 2. The van der Waals surface area contributed by atoms with Gasteiger partial charge in [0.25, 0.3) is 5.91 Å². The molecule has 24 heavy (non-hydrogen) atoms. The predicted octanol–water partition coefficient (Wildman–Crippen LogP) is 5.03. The van der Waals surface area contributed by atoms with Gasteiger partial charge >= 0.3 is 6.18 Å². The average Bonchev–Trinajstić information content (AvgIpc) is 2.53. The van der Waals surface area contributed by atoms with Crippen LogP contribution in [0.2, 0.25) is 0 Å². The van der Waals surface area contributed by atoms with Gasteiger partial charge in [0.15, 0.2) is 0 Å². The van der Waals surface area contributed by atoms with Gasteiger partial charge in [0.05, 0.1) is 5.56 Å². The monoisotopic (exact) mass is 336 g/mol. The zero-order valence-corrected chi connectivity index (χ0v) is 13.4. The molecule has 0 spiro atoms. The normalized spacial score (nSPS) is 11.4. The molecular formula is C18H19F3N2O. The van der Waals surface area contributed by atoms with Crippen molar-refractivity contribution in [3.63, 3.8) is 0 Å². The molecular weight excluding hydrogens is 317 g/mol. The lowest BCUT2D eigenvalue weighted by Crippen LogP contribution is -2.13. The maximum absolute atomic E-state index is 12.5. The Morgan fingerprint density at radius 1 is 0.958 bits per heavy atom. The van der Waals surface area contributed by atoms with Crippen LogP contribution in [-0.4, -0.2) is 12.5 Å². The zero-order valence-electron chi connectivity index (χ0n) is 13.4. The van der Waals surface area contributed by atoms with Gasteiger partial charge in [-0.3, -0.25) is 4.79 Å². The molecule has 0 aliphatic heterocycles. The van der Waals surface area contributed by atoms with Crippen LogP contribution in [0.3, 0.4) is 0 Å². The number of carbonyl (C=O) groups excluding carboxylic acids is 1. The Bertz CT molecular complexity index is 677. The molecule has 2 rings (SSSR count). The molecule has 0 aliphatic rings. The molecule has 0 unspecified atom stereocenters. The zero-order chi connectivity index (χ0) is 17.7. The number of rotatable bonds is 5. The first-order valence-corrected chi connectivity index (χ1v) is 7.58. The van der Waals surface area contributed by atoms with E-state index in [1.807, 2.05) is 12.1 Å². The fourth-order valence-corrected chi connectivity index (χ4v) is 2.01. The van der Waals surface area contributed by atoms with Crippen molar-refractivity contribution in [3.8, 4) is 0 Å². The Morgan fingerprint density at radius 2 is 1.50 bits per heavy atom. The highest BCUT2D eigenvalue weighted by atomic mass is 19.4. The number of carbonyl (C=O) groups is 1. The van der Waals surface area contributed by atoms with Crippen molar-refractivity contribution in [2.45, 2.75) is 20.0 Å². The molecule has 0 radical (unpaired) electrons. The number of amides is 1. The summed E-state index contributed by atoms with van der Waals surface area (Å²) in [5.74, 6) is 0.0654. The Labute approximate surface area is 138 Å². The van der Waals surface area contributed by atoms with Crippen molar-refractivity contribution < 1.29 is 18.0 Å². The van der Waals surface area contributed by atoms with E-state index in [9.17, 15) is 18.0 Å². The van der Waals surface area contributed by atoms with Crippen molar-refractivity contribution in [1.82, 2.24) is 0 Å². The van der Waals surface area contributed by atoms with Gasteiger partial charge in [-0.25, -0.2) is 0 Å². The lowest BCUT2D eigenvalue weighted by molar-refractivity contribution is -0.137. The summed E-state index contributed by atoms with van der Waals surface area (Å²) in [5.41, 5.74) is 0.913. The van der Waals surface area contributed by atoms with E-state index < -0.39 is 17.6 Å². The summed E-state index contributed by atoms with van der Waals surface area (Å²) in [5, 5.41) is 5.92. The predicted molar refractivity (Wildman–Crippen MR) is 89.2 cm³/mol. The molecule has 0 aliphatic carbocycles. The minimum absolute atomic E-state index is 0.171. The molecule has 128 valence electrons. The summed E-state index contributed by atoms with van der Waals surface area (Å²) in [7, 11) is 0. The average molecular weight is 336 g/mol. The molecule has 1 amide bonds. The molecule has 0 bridgehead atoms. The standard InChI is InChI=1S/C18H19F3N2O/c1-12(2)11-22-15-7-9-16(10-8-15)23-17(24)13-3-5-14(6-4-13)18(19,20)21/h3-10,12,22H,11H2,1-2H3,(H,23,24). The van der Waals surface area contributed by atoms with E-state index in [-0.39, 0.29) is 5.56 Å². The minimum Gasteiger partial charge on any atom is -0.385 e. The Kier molecular flexibility index (Phi) is 5.49. The molecule has 0 fully saturated rings. The molecule has 0 saturated carbocycles. The number of hydrogen-bond donors (Lipinski definition) is 2. The molecule has 2 aromatic rings. The number of benzene rings is 2.